The quantitative estimate of drug-likeness (QED) is 0.0216. The van der Waals surface area contributed by atoms with Gasteiger partial charge in [-0.05, 0) is 164 Å². The number of nitrogen functional groups attached to an aromatic ring is 1. The van der Waals surface area contributed by atoms with Gasteiger partial charge >= 0.3 is 0 Å². The van der Waals surface area contributed by atoms with Crippen molar-refractivity contribution >= 4 is 55.7 Å². The molecule has 0 aliphatic carbocycles. The van der Waals surface area contributed by atoms with E-state index in [1.165, 1.54) is 0 Å². The molecule has 104 heavy (non-hydrogen) atoms. The Morgan fingerprint density at radius 3 is 1.15 bits per heavy atom. The van der Waals surface area contributed by atoms with Crippen molar-refractivity contribution in [3.05, 3.63) is 176 Å². The number of ether oxygens (including phenoxy) is 3. The topological polar surface area (TPSA) is 271 Å². The van der Waals surface area contributed by atoms with Crippen LogP contribution in [0.25, 0.3) is 49.8 Å². The van der Waals surface area contributed by atoms with Gasteiger partial charge in [0.1, 0.15) is 34.7 Å². The molecule has 6 heterocycles. The first-order valence-electron chi connectivity index (χ1n) is 37.2. The first-order valence-corrected chi connectivity index (χ1v) is 37.2. The van der Waals surface area contributed by atoms with Gasteiger partial charge in [0, 0.05) is 109 Å². The van der Waals surface area contributed by atoms with E-state index in [4.69, 9.17) is 46.4 Å². The van der Waals surface area contributed by atoms with Crippen LogP contribution in [0.5, 0.6) is 17.2 Å². The Morgan fingerprint density at radius 2 is 0.769 bits per heavy atom. The van der Waals surface area contributed by atoms with Crippen LogP contribution in [0.2, 0.25) is 0 Å². The molecule has 9 aromatic rings. The van der Waals surface area contributed by atoms with Crippen molar-refractivity contribution in [3.8, 4) is 34.3 Å². The number of nitrogens with zero attached hydrogens (tertiary/aromatic N) is 12. The summed E-state index contributed by atoms with van der Waals surface area (Å²) in [6.07, 6.45) is 5.47. The molecule has 24 heteroatoms. The van der Waals surface area contributed by atoms with Crippen LogP contribution in [0.4, 0.5) is 17.1 Å². The van der Waals surface area contributed by atoms with Gasteiger partial charge in [0.2, 0.25) is 5.91 Å². The van der Waals surface area contributed by atoms with Gasteiger partial charge in [0.15, 0.2) is 0 Å². The highest BCUT2D eigenvalue weighted by Gasteiger charge is 2.26. The average molecular weight is 1420 g/mol. The zero-order valence-corrected chi connectivity index (χ0v) is 61.3. The maximum atomic E-state index is 13.9. The minimum absolute atomic E-state index is 0. The number of para-hydroxylation sites is 6. The molecule has 3 aliphatic rings. The number of carbonyl (C=O) groups is 1. The van der Waals surface area contributed by atoms with Crippen molar-refractivity contribution in [1.29, 1.82) is 0 Å². The summed E-state index contributed by atoms with van der Waals surface area (Å²) in [5.41, 5.74) is 23.0. The highest BCUT2D eigenvalue weighted by Crippen LogP contribution is 2.29. The summed E-state index contributed by atoms with van der Waals surface area (Å²) >= 11 is 0. The Bertz CT molecular complexity index is 4420. The van der Waals surface area contributed by atoms with Gasteiger partial charge in [-0.25, -0.2) is 15.0 Å². The Morgan fingerprint density at radius 1 is 0.423 bits per heavy atom. The van der Waals surface area contributed by atoms with Crippen LogP contribution in [0, 0.1) is 0 Å². The molecule has 0 spiro atoms. The highest BCUT2D eigenvalue weighted by molar-refractivity contribution is 5.93. The molecule has 0 atom stereocenters. The number of carbonyl (C=O) groups excluding carboxylic acids is 1. The number of fused-ring (bicyclic) bond motifs is 3. The van der Waals surface area contributed by atoms with Crippen molar-refractivity contribution < 1.29 is 19.0 Å². The molecule has 0 unspecified atom stereocenters. The first-order chi connectivity index (χ1) is 50.3. The number of hydrogen-bond acceptors (Lipinski definition) is 20. The van der Waals surface area contributed by atoms with Crippen LogP contribution in [0.1, 0.15) is 105 Å². The molecular formula is C80H111N17O7. The molecular weight excluding hydrogens is 1310 g/mol. The van der Waals surface area contributed by atoms with E-state index in [1.54, 1.807) is 50.1 Å². The number of likely N-dealkylation sites (N-methyl/N-ethyl adjacent to an activating group) is 3. The van der Waals surface area contributed by atoms with E-state index in [-0.39, 0.29) is 30.0 Å². The standard InChI is InChI=1S/C29H42N6O2.C27H36N6O3.C23H29N5O2.CH4/c1-3-33-17-19-34(20-18-33)22-28-32-25-21-23(31-16-10-6-5-9-15-30)13-14-24(25)29(36)35(28)26-11-7-8-12-27(26)37-4-2;1-3-31-14-16-32(17-15-31)19-25-30-22-18-20(29-26(34)10-7-13-28)11-12-21(22)27(35)33(25)23-8-5-6-9-24(23)36-4-2;1-3-26-11-13-27(14-12-26)16-22-25-19-15-17(24)9-10-18(19)23(29)28(22)20-7-5-6-8-21(20)30-4-2;/h7-8,11-14,21,31H,3-6,9-10,15-20,22,30H2,1-2H3;5-6,8-9,11-12,18H,3-4,7,10,13-17,19,28H2,1-2H3,(H,29,34);5-10,15H,3-4,11-14,16,24H2,1-2H3;1H4. The van der Waals surface area contributed by atoms with Crippen LogP contribution in [0.3, 0.4) is 0 Å². The lowest BCUT2D eigenvalue weighted by atomic mass is 10.1. The van der Waals surface area contributed by atoms with Gasteiger partial charge in [-0.3, -0.25) is 47.6 Å². The normalized spacial score (nSPS) is 14.8. The lowest BCUT2D eigenvalue weighted by Gasteiger charge is -2.34. The number of hydrogen-bond donors (Lipinski definition) is 5. The lowest BCUT2D eigenvalue weighted by molar-refractivity contribution is -0.116. The molecule has 3 fully saturated rings. The summed E-state index contributed by atoms with van der Waals surface area (Å²) in [6, 6.07) is 39.3. The third-order valence-electron chi connectivity index (χ3n) is 19.2. The maximum Gasteiger partial charge on any atom is 0.266 e. The number of rotatable bonds is 29. The molecule has 1 amide bonds. The lowest BCUT2D eigenvalue weighted by Crippen LogP contribution is -2.46. The maximum absolute atomic E-state index is 13.9. The van der Waals surface area contributed by atoms with Gasteiger partial charge < -0.3 is 56.7 Å². The number of nitrogens with one attached hydrogen (secondary N) is 2. The predicted octanol–water partition coefficient (Wildman–Crippen LogP) is 9.59. The summed E-state index contributed by atoms with van der Waals surface area (Å²) in [6.45, 7) is 32.7. The Balaban J connectivity index is 0.000000181. The van der Waals surface area contributed by atoms with E-state index in [9.17, 15) is 19.2 Å². The summed E-state index contributed by atoms with van der Waals surface area (Å²) in [4.78, 5) is 82.9. The van der Waals surface area contributed by atoms with E-state index in [0.29, 0.717) is 132 Å². The monoisotopic (exact) mass is 1420 g/mol. The fourth-order valence-electron chi connectivity index (χ4n) is 13.5. The Labute approximate surface area is 612 Å². The largest absolute Gasteiger partial charge is 0.492 e. The summed E-state index contributed by atoms with van der Waals surface area (Å²) < 4.78 is 22.7. The van der Waals surface area contributed by atoms with Gasteiger partial charge in [0.25, 0.3) is 16.7 Å². The molecule has 3 saturated heterocycles. The molecule has 6 aromatic carbocycles. The highest BCUT2D eigenvalue weighted by atomic mass is 16.5. The fraction of sp³-hybridized carbons (Fsp3) is 0.463. The number of benzene rings is 6. The van der Waals surface area contributed by atoms with Gasteiger partial charge in [-0.2, -0.15) is 0 Å². The van der Waals surface area contributed by atoms with Crippen LogP contribution in [-0.4, -0.2) is 202 Å². The van der Waals surface area contributed by atoms with Crippen LogP contribution < -0.4 is 58.7 Å². The summed E-state index contributed by atoms with van der Waals surface area (Å²) in [5.74, 6) is 4.01. The third-order valence-corrected chi connectivity index (χ3v) is 19.2. The summed E-state index contributed by atoms with van der Waals surface area (Å²) in [5, 5.41) is 8.04. The van der Waals surface area contributed by atoms with E-state index < -0.39 is 0 Å². The number of amides is 1. The predicted molar refractivity (Wildman–Crippen MR) is 422 cm³/mol. The second-order valence-corrected chi connectivity index (χ2v) is 26.1. The van der Waals surface area contributed by atoms with Crippen molar-refractivity contribution in [2.75, 3.05) is 154 Å². The minimum Gasteiger partial charge on any atom is -0.492 e. The molecule has 3 aromatic heterocycles. The molecule has 0 radical (unpaired) electrons. The van der Waals surface area contributed by atoms with E-state index >= 15 is 0 Å². The van der Waals surface area contributed by atoms with Crippen molar-refractivity contribution in [2.24, 2.45) is 11.5 Å². The molecule has 24 nitrogen and oxygen atoms in total. The molecule has 3 aliphatic heterocycles. The second-order valence-electron chi connectivity index (χ2n) is 26.1. The van der Waals surface area contributed by atoms with Crippen LogP contribution >= 0.6 is 0 Å². The molecule has 12 rings (SSSR count). The number of nitrogens with two attached hydrogens (primary N) is 3. The first kappa shape index (κ1) is 79.0. The number of unbranched alkanes of at least 4 members (excludes halogenated alkanes) is 3. The van der Waals surface area contributed by atoms with E-state index in [2.05, 4.69) is 60.8 Å². The van der Waals surface area contributed by atoms with E-state index in [1.807, 2.05) is 112 Å². The molecule has 558 valence electrons. The van der Waals surface area contributed by atoms with Crippen molar-refractivity contribution in [1.82, 2.24) is 58.1 Å². The van der Waals surface area contributed by atoms with Gasteiger partial charge in [-0.15, -0.1) is 0 Å². The SMILES string of the molecule is C.CCOc1ccccc1-n1c(CN2CCN(CC)CC2)nc2cc(N)ccc2c1=O.CCOc1ccccc1-n1c(CN2CCN(CC)CC2)nc2cc(NC(=O)CCCN)ccc2c1=O.CCOc1ccccc1-n1c(CN2CCN(CC)CC2)nc2cc(NCCCCCCN)ccc2c1=O. The Kier molecular flexibility index (Phi) is 30.1. The summed E-state index contributed by atoms with van der Waals surface area (Å²) in [7, 11) is 0. The van der Waals surface area contributed by atoms with Crippen molar-refractivity contribution in [2.45, 2.75) is 107 Å². The minimum atomic E-state index is -0.157. The second kappa shape index (κ2) is 39.7. The third kappa shape index (κ3) is 20.4. The number of anilines is 3. The molecule has 0 saturated carbocycles. The van der Waals surface area contributed by atoms with Crippen molar-refractivity contribution in [3.63, 3.8) is 0 Å². The fourth-order valence-corrected chi connectivity index (χ4v) is 13.5. The van der Waals surface area contributed by atoms with Gasteiger partial charge in [-0.1, -0.05) is 77.4 Å². The van der Waals surface area contributed by atoms with E-state index in [0.717, 1.165) is 165 Å². The molecule has 0 bridgehead atoms. The molecule has 8 N–H and O–H groups in total. The van der Waals surface area contributed by atoms with Gasteiger partial charge in [0.05, 0.1) is 89.2 Å². The number of aromatic nitrogens is 6. The van der Waals surface area contributed by atoms with Crippen LogP contribution in [0.15, 0.2) is 142 Å². The van der Waals surface area contributed by atoms with Crippen LogP contribution in [-0.2, 0) is 24.4 Å². The zero-order chi connectivity index (χ0) is 72.6. The zero-order valence-electron chi connectivity index (χ0n) is 61.3. The Hall–Kier alpha value is -9.11. The number of piperazine rings is 3. The smallest absolute Gasteiger partial charge is 0.266 e. The average Bonchev–Trinajstić information content (AvgIpc) is 0.776.